The van der Waals surface area contributed by atoms with E-state index < -0.39 is 0 Å². The number of nitrogens with one attached hydrogen (secondary N) is 2. The molecule has 1 aliphatic rings. The molecule has 1 amide bonds. The zero-order valence-electron chi connectivity index (χ0n) is 12.6. The molecule has 2 N–H and O–H groups in total. The van der Waals surface area contributed by atoms with Crippen molar-refractivity contribution in [3.05, 3.63) is 63.6 Å². The maximum atomic E-state index is 12.2. The molecule has 0 aromatic heterocycles. The van der Waals surface area contributed by atoms with Gasteiger partial charge in [-0.15, -0.1) is 0 Å². The molecule has 1 heterocycles. The molecule has 1 atom stereocenters. The van der Waals surface area contributed by atoms with Crippen LogP contribution in [0.5, 0.6) is 0 Å². The number of carbonyl (C=O) groups excluding carboxylic acids is 1. The van der Waals surface area contributed by atoms with Crippen molar-refractivity contribution < 1.29 is 4.79 Å². The van der Waals surface area contributed by atoms with Gasteiger partial charge in [0.2, 0.25) is 0 Å². The fraction of sp³-hybridized carbons (Fsp3) is 0.278. The number of piperidine rings is 1. The summed E-state index contributed by atoms with van der Waals surface area (Å²) in [6, 6.07) is 12.9. The van der Waals surface area contributed by atoms with E-state index in [-0.39, 0.29) is 5.91 Å². The highest BCUT2D eigenvalue weighted by molar-refractivity contribution is 6.42. The largest absolute Gasteiger partial charge is 0.322 e. The van der Waals surface area contributed by atoms with Crippen molar-refractivity contribution in [1.82, 2.24) is 5.32 Å². The highest BCUT2D eigenvalue weighted by atomic mass is 35.5. The Morgan fingerprint density at radius 3 is 2.52 bits per heavy atom. The first-order chi connectivity index (χ1) is 11.1. The third-order valence-corrected chi connectivity index (χ3v) is 4.86. The van der Waals surface area contributed by atoms with Crippen molar-refractivity contribution in [2.75, 3.05) is 18.4 Å². The average Bonchev–Trinajstić information content (AvgIpc) is 2.59. The van der Waals surface area contributed by atoms with Gasteiger partial charge in [0.25, 0.3) is 5.91 Å². The Balaban J connectivity index is 1.67. The van der Waals surface area contributed by atoms with Crippen LogP contribution in [0.15, 0.2) is 42.5 Å². The van der Waals surface area contributed by atoms with Crippen LogP contribution in [0.1, 0.15) is 34.7 Å². The number of hydrogen-bond donors (Lipinski definition) is 2. The lowest BCUT2D eigenvalue weighted by molar-refractivity contribution is 0.102. The Bertz CT molecular complexity index is 695. The van der Waals surface area contributed by atoms with E-state index >= 15 is 0 Å². The minimum atomic E-state index is -0.198. The highest BCUT2D eigenvalue weighted by Crippen LogP contribution is 2.25. The molecular formula is C18H18Cl2N2O. The van der Waals surface area contributed by atoms with Crippen molar-refractivity contribution in [3.8, 4) is 0 Å². The molecule has 0 bridgehead atoms. The van der Waals surface area contributed by atoms with E-state index in [0.29, 0.717) is 21.5 Å². The molecule has 0 radical (unpaired) electrons. The molecule has 120 valence electrons. The van der Waals surface area contributed by atoms with Crippen LogP contribution in [0, 0.1) is 0 Å². The summed E-state index contributed by atoms with van der Waals surface area (Å²) in [5.74, 6) is 0.360. The Morgan fingerprint density at radius 1 is 1.09 bits per heavy atom. The van der Waals surface area contributed by atoms with Crippen LogP contribution < -0.4 is 10.6 Å². The van der Waals surface area contributed by atoms with E-state index in [4.69, 9.17) is 23.2 Å². The average molecular weight is 349 g/mol. The third-order valence-electron chi connectivity index (χ3n) is 4.12. The molecule has 3 nitrogen and oxygen atoms in total. The number of benzene rings is 2. The number of rotatable bonds is 3. The summed E-state index contributed by atoms with van der Waals surface area (Å²) in [5, 5.41) is 7.11. The van der Waals surface area contributed by atoms with Crippen LogP contribution in [-0.4, -0.2) is 19.0 Å². The predicted octanol–water partition coefficient (Wildman–Crippen LogP) is 4.71. The van der Waals surface area contributed by atoms with Crippen LogP contribution in [0.3, 0.4) is 0 Å². The Morgan fingerprint density at radius 2 is 1.87 bits per heavy atom. The first-order valence-corrected chi connectivity index (χ1v) is 8.46. The number of halogens is 2. The fourth-order valence-electron chi connectivity index (χ4n) is 2.82. The van der Waals surface area contributed by atoms with Gasteiger partial charge < -0.3 is 10.6 Å². The minimum Gasteiger partial charge on any atom is -0.322 e. The molecule has 1 saturated heterocycles. The number of anilines is 1. The van der Waals surface area contributed by atoms with Crippen molar-refractivity contribution in [2.45, 2.75) is 18.8 Å². The van der Waals surface area contributed by atoms with Crippen molar-refractivity contribution >= 4 is 34.8 Å². The van der Waals surface area contributed by atoms with E-state index in [2.05, 4.69) is 22.8 Å². The zero-order valence-corrected chi connectivity index (χ0v) is 14.1. The third kappa shape index (κ3) is 4.05. The van der Waals surface area contributed by atoms with Crippen LogP contribution in [0.4, 0.5) is 5.69 Å². The smallest absolute Gasteiger partial charge is 0.255 e. The summed E-state index contributed by atoms with van der Waals surface area (Å²) in [4.78, 5) is 12.2. The summed E-state index contributed by atoms with van der Waals surface area (Å²) in [6.45, 7) is 2.13. The zero-order chi connectivity index (χ0) is 16.2. The van der Waals surface area contributed by atoms with Gasteiger partial charge in [-0.2, -0.15) is 0 Å². The predicted molar refractivity (Wildman–Crippen MR) is 95.7 cm³/mol. The van der Waals surface area contributed by atoms with E-state index in [1.807, 2.05) is 12.1 Å². The molecule has 5 heteroatoms. The minimum absolute atomic E-state index is 0.198. The van der Waals surface area contributed by atoms with Crippen molar-refractivity contribution in [1.29, 1.82) is 0 Å². The lowest BCUT2D eigenvalue weighted by atomic mass is 9.91. The van der Waals surface area contributed by atoms with E-state index in [1.54, 1.807) is 18.2 Å². The van der Waals surface area contributed by atoms with Crippen LogP contribution in [0.25, 0.3) is 0 Å². The van der Waals surface area contributed by atoms with Gasteiger partial charge in [0, 0.05) is 17.8 Å². The lowest BCUT2D eigenvalue weighted by Crippen LogP contribution is -2.28. The van der Waals surface area contributed by atoms with Gasteiger partial charge in [-0.25, -0.2) is 0 Å². The summed E-state index contributed by atoms with van der Waals surface area (Å²) in [6.07, 6.45) is 2.42. The Kier molecular flexibility index (Phi) is 5.21. The van der Waals surface area contributed by atoms with E-state index in [0.717, 1.165) is 18.8 Å². The lowest BCUT2D eigenvalue weighted by Gasteiger charge is -2.23. The van der Waals surface area contributed by atoms with Gasteiger partial charge in [0.05, 0.1) is 10.0 Å². The summed E-state index contributed by atoms with van der Waals surface area (Å²) in [5.41, 5.74) is 2.57. The van der Waals surface area contributed by atoms with Crippen LogP contribution in [0.2, 0.25) is 10.0 Å². The molecule has 0 spiro atoms. The second kappa shape index (κ2) is 7.35. The number of carbonyl (C=O) groups is 1. The van der Waals surface area contributed by atoms with Gasteiger partial charge in [-0.05, 0) is 61.2 Å². The molecule has 0 unspecified atom stereocenters. The van der Waals surface area contributed by atoms with Crippen LogP contribution >= 0.6 is 23.2 Å². The monoisotopic (exact) mass is 348 g/mol. The first kappa shape index (κ1) is 16.3. The van der Waals surface area contributed by atoms with Crippen LogP contribution in [-0.2, 0) is 0 Å². The second-order valence-corrected chi connectivity index (χ2v) is 6.56. The second-order valence-electron chi connectivity index (χ2n) is 5.75. The molecular weight excluding hydrogens is 331 g/mol. The van der Waals surface area contributed by atoms with Gasteiger partial charge in [0.15, 0.2) is 0 Å². The molecule has 23 heavy (non-hydrogen) atoms. The maximum Gasteiger partial charge on any atom is 0.255 e. The van der Waals surface area contributed by atoms with Gasteiger partial charge >= 0.3 is 0 Å². The summed E-state index contributed by atoms with van der Waals surface area (Å²) < 4.78 is 0. The van der Waals surface area contributed by atoms with E-state index in [1.165, 1.54) is 18.4 Å². The summed E-state index contributed by atoms with van der Waals surface area (Å²) in [7, 11) is 0. The summed E-state index contributed by atoms with van der Waals surface area (Å²) >= 11 is 11.8. The Labute approximate surface area is 146 Å². The molecule has 1 fully saturated rings. The molecule has 1 aliphatic heterocycles. The van der Waals surface area contributed by atoms with Crippen molar-refractivity contribution in [3.63, 3.8) is 0 Å². The highest BCUT2D eigenvalue weighted by Gasteiger charge is 2.15. The quantitative estimate of drug-likeness (QED) is 0.842. The molecule has 0 saturated carbocycles. The SMILES string of the molecule is O=C(Nc1ccc([C@H]2CCCNC2)cc1)c1ccc(Cl)c(Cl)c1. The van der Waals surface area contributed by atoms with Gasteiger partial charge in [-0.1, -0.05) is 35.3 Å². The maximum absolute atomic E-state index is 12.2. The molecule has 2 aromatic carbocycles. The van der Waals surface area contributed by atoms with Gasteiger partial charge in [-0.3, -0.25) is 4.79 Å². The Hall–Kier alpha value is -1.55. The molecule has 0 aliphatic carbocycles. The first-order valence-electron chi connectivity index (χ1n) is 7.70. The van der Waals surface area contributed by atoms with Crippen molar-refractivity contribution in [2.24, 2.45) is 0 Å². The standard InChI is InChI=1S/C18H18Cl2N2O/c19-16-8-5-13(10-17(16)20)18(23)22-15-6-3-12(4-7-15)14-2-1-9-21-11-14/h3-8,10,14,21H,1-2,9,11H2,(H,22,23)/t14-/m0/s1. The topological polar surface area (TPSA) is 41.1 Å². The fourth-order valence-corrected chi connectivity index (χ4v) is 3.11. The molecule has 2 aromatic rings. The molecule has 3 rings (SSSR count). The number of amides is 1. The van der Waals surface area contributed by atoms with Gasteiger partial charge in [0.1, 0.15) is 0 Å². The number of hydrogen-bond acceptors (Lipinski definition) is 2. The normalized spacial score (nSPS) is 17.7. The van der Waals surface area contributed by atoms with E-state index in [9.17, 15) is 4.79 Å².